The van der Waals surface area contributed by atoms with Crippen LogP contribution in [0.2, 0.25) is 0 Å². The number of rotatable bonds is 5. The third-order valence-corrected chi connectivity index (χ3v) is 5.30. The van der Waals surface area contributed by atoms with Crippen molar-refractivity contribution in [2.75, 3.05) is 26.2 Å². The summed E-state index contributed by atoms with van der Waals surface area (Å²) in [6.45, 7) is 13.7. The van der Waals surface area contributed by atoms with Crippen LogP contribution in [0, 0.1) is 28.6 Å². The second kappa shape index (κ2) is 5.42. The first kappa shape index (κ1) is 14.8. The Balaban J connectivity index is 1.77. The Morgan fingerprint density at radius 1 is 1.32 bits per heavy atom. The molecule has 2 aliphatic rings. The van der Waals surface area contributed by atoms with Gasteiger partial charge in [-0.1, -0.05) is 6.42 Å². The normalized spacial score (nSPS) is 30.3. The van der Waals surface area contributed by atoms with E-state index in [-0.39, 0.29) is 5.41 Å². The summed E-state index contributed by atoms with van der Waals surface area (Å²) in [5.74, 6) is 1.67. The SMILES string of the molecule is CC(C)(C#N)CCCCN1CC2CNCC2C1(C)C. The van der Waals surface area contributed by atoms with Crippen molar-refractivity contribution in [1.82, 2.24) is 10.2 Å². The lowest BCUT2D eigenvalue weighted by molar-refractivity contribution is 0.136. The van der Waals surface area contributed by atoms with E-state index < -0.39 is 0 Å². The lowest BCUT2D eigenvalue weighted by atomic mass is 9.84. The van der Waals surface area contributed by atoms with Gasteiger partial charge >= 0.3 is 0 Å². The zero-order chi connectivity index (χ0) is 14.1. The first-order valence-electron chi connectivity index (χ1n) is 7.74. The van der Waals surface area contributed by atoms with E-state index in [1.165, 1.54) is 39.0 Å². The zero-order valence-electron chi connectivity index (χ0n) is 13.0. The van der Waals surface area contributed by atoms with Crippen molar-refractivity contribution < 1.29 is 0 Å². The van der Waals surface area contributed by atoms with Crippen LogP contribution in [-0.4, -0.2) is 36.6 Å². The molecule has 0 aromatic rings. The van der Waals surface area contributed by atoms with E-state index in [4.69, 9.17) is 5.26 Å². The molecule has 19 heavy (non-hydrogen) atoms. The predicted molar refractivity (Wildman–Crippen MR) is 78.7 cm³/mol. The second-order valence-electron chi connectivity index (χ2n) is 7.58. The number of likely N-dealkylation sites (tertiary alicyclic amines) is 1. The van der Waals surface area contributed by atoms with E-state index in [2.05, 4.69) is 30.1 Å². The highest BCUT2D eigenvalue weighted by molar-refractivity contribution is 5.04. The highest BCUT2D eigenvalue weighted by Gasteiger charge is 2.48. The molecule has 108 valence electrons. The smallest absolute Gasteiger partial charge is 0.0683 e. The van der Waals surface area contributed by atoms with Gasteiger partial charge in [0, 0.05) is 18.6 Å². The highest BCUT2D eigenvalue weighted by Crippen LogP contribution is 2.40. The average molecular weight is 263 g/mol. The largest absolute Gasteiger partial charge is 0.316 e. The van der Waals surface area contributed by atoms with Crippen molar-refractivity contribution in [1.29, 1.82) is 5.26 Å². The van der Waals surface area contributed by atoms with Crippen LogP contribution >= 0.6 is 0 Å². The van der Waals surface area contributed by atoms with Gasteiger partial charge in [0.2, 0.25) is 0 Å². The van der Waals surface area contributed by atoms with Crippen molar-refractivity contribution in [2.24, 2.45) is 17.3 Å². The van der Waals surface area contributed by atoms with E-state index in [1.54, 1.807) is 0 Å². The Labute approximate surface area is 118 Å². The van der Waals surface area contributed by atoms with Crippen LogP contribution in [0.1, 0.15) is 47.0 Å². The van der Waals surface area contributed by atoms with E-state index >= 15 is 0 Å². The van der Waals surface area contributed by atoms with Crippen molar-refractivity contribution in [3.8, 4) is 6.07 Å². The van der Waals surface area contributed by atoms with Crippen molar-refractivity contribution in [2.45, 2.75) is 52.5 Å². The summed E-state index contributed by atoms with van der Waals surface area (Å²) in [7, 11) is 0. The topological polar surface area (TPSA) is 39.1 Å². The molecule has 2 heterocycles. The van der Waals surface area contributed by atoms with Gasteiger partial charge in [0.25, 0.3) is 0 Å². The molecule has 3 nitrogen and oxygen atoms in total. The fourth-order valence-corrected chi connectivity index (χ4v) is 3.81. The maximum Gasteiger partial charge on any atom is 0.0683 e. The minimum atomic E-state index is -0.152. The van der Waals surface area contributed by atoms with Gasteiger partial charge in [-0.3, -0.25) is 4.90 Å². The molecule has 0 aliphatic carbocycles. The number of unbranched alkanes of at least 4 members (excludes halogenated alkanes) is 1. The fraction of sp³-hybridized carbons (Fsp3) is 0.938. The summed E-state index contributed by atoms with van der Waals surface area (Å²) in [6.07, 6.45) is 3.41. The molecule has 2 fully saturated rings. The van der Waals surface area contributed by atoms with Crippen LogP contribution in [0.5, 0.6) is 0 Å². The summed E-state index contributed by atoms with van der Waals surface area (Å²) in [6, 6.07) is 2.40. The van der Waals surface area contributed by atoms with Crippen LogP contribution in [0.15, 0.2) is 0 Å². The molecule has 0 amide bonds. The number of hydrogen-bond donors (Lipinski definition) is 1. The van der Waals surface area contributed by atoms with Gasteiger partial charge in [0.1, 0.15) is 0 Å². The molecular weight excluding hydrogens is 234 g/mol. The summed E-state index contributed by atoms with van der Waals surface area (Å²) in [5, 5.41) is 12.6. The first-order valence-corrected chi connectivity index (χ1v) is 7.74. The van der Waals surface area contributed by atoms with Crippen LogP contribution < -0.4 is 5.32 Å². The van der Waals surface area contributed by atoms with Crippen molar-refractivity contribution >= 4 is 0 Å². The quantitative estimate of drug-likeness (QED) is 0.775. The van der Waals surface area contributed by atoms with Gasteiger partial charge in [0.05, 0.1) is 11.5 Å². The molecule has 2 saturated heterocycles. The number of nitrogens with one attached hydrogen (secondary N) is 1. The average Bonchev–Trinajstić information content (AvgIpc) is 2.89. The maximum absolute atomic E-state index is 9.03. The molecule has 3 heteroatoms. The highest BCUT2D eigenvalue weighted by atomic mass is 15.2. The van der Waals surface area contributed by atoms with Crippen molar-refractivity contribution in [3.63, 3.8) is 0 Å². The molecular formula is C16H29N3. The van der Waals surface area contributed by atoms with E-state index in [0.717, 1.165) is 18.3 Å². The predicted octanol–water partition coefficient (Wildman–Crippen LogP) is 2.64. The van der Waals surface area contributed by atoms with Gasteiger partial charge in [-0.15, -0.1) is 0 Å². The standard InChI is InChI=1S/C16H29N3/c1-15(2,12-17)7-5-6-8-19-11-13-9-18-10-14(13)16(19,3)4/h13-14,18H,5-11H2,1-4H3. The summed E-state index contributed by atoms with van der Waals surface area (Å²) >= 11 is 0. The van der Waals surface area contributed by atoms with Gasteiger partial charge < -0.3 is 5.32 Å². The minimum absolute atomic E-state index is 0.152. The molecule has 2 atom stereocenters. The van der Waals surface area contributed by atoms with Crippen LogP contribution in [0.25, 0.3) is 0 Å². The summed E-state index contributed by atoms with van der Waals surface area (Å²) in [5.41, 5.74) is 0.194. The molecule has 1 N–H and O–H groups in total. The van der Waals surface area contributed by atoms with E-state index in [9.17, 15) is 0 Å². The Bertz CT molecular complexity index is 353. The lowest BCUT2D eigenvalue weighted by Crippen LogP contribution is -2.44. The maximum atomic E-state index is 9.03. The van der Waals surface area contributed by atoms with E-state index in [0.29, 0.717) is 5.54 Å². The monoisotopic (exact) mass is 263 g/mol. The zero-order valence-corrected chi connectivity index (χ0v) is 13.0. The Morgan fingerprint density at radius 3 is 2.68 bits per heavy atom. The number of hydrogen-bond acceptors (Lipinski definition) is 3. The molecule has 0 radical (unpaired) electrons. The molecule has 0 saturated carbocycles. The fourth-order valence-electron chi connectivity index (χ4n) is 3.81. The Kier molecular flexibility index (Phi) is 4.23. The van der Waals surface area contributed by atoms with Gasteiger partial charge in [-0.2, -0.15) is 5.26 Å². The Morgan fingerprint density at radius 2 is 2.05 bits per heavy atom. The molecule has 2 rings (SSSR count). The number of nitriles is 1. The molecule has 0 aromatic heterocycles. The van der Waals surface area contributed by atoms with Crippen LogP contribution in [-0.2, 0) is 0 Å². The molecule has 0 aromatic carbocycles. The third kappa shape index (κ3) is 3.12. The number of fused-ring (bicyclic) bond motifs is 1. The lowest BCUT2D eigenvalue weighted by Gasteiger charge is -2.35. The summed E-state index contributed by atoms with van der Waals surface area (Å²) < 4.78 is 0. The second-order valence-corrected chi connectivity index (χ2v) is 7.58. The molecule has 2 unspecified atom stereocenters. The van der Waals surface area contributed by atoms with Crippen molar-refractivity contribution in [3.05, 3.63) is 0 Å². The number of nitrogens with zero attached hydrogens (tertiary/aromatic N) is 2. The van der Waals surface area contributed by atoms with E-state index in [1.807, 2.05) is 13.8 Å². The molecule has 0 spiro atoms. The van der Waals surface area contributed by atoms with Gasteiger partial charge in [-0.25, -0.2) is 0 Å². The van der Waals surface area contributed by atoms with Gasteiger partial charge in [0.15, 0.2) is 0 Å². The van der Waals surface area contributed by atoms with Crippen LogP contribution in [0.3, 0.4) is 0 Å². The summed E-state index contributed by atoms with van der Waals surface area (Å²) in [4.78, 5) is 2.68. The Hall–Kier alpha value is -0.590. The minimum Gasteiger partial charge on any atom is -0.316 e. The third-order valence-electron chi connectivity index (χ3n) is 5.30. The van der Waals surface area contributed by atoms with Gasteiger partial charge in [-0.05, 0) is 65.5 Å². The first-order chi connectivity index (χ1) is 8.87. The molecule has 2 aliphatic heterocycles. The van der Waals surface area contributed by atoms with Crippen LogP contribution in [0.4, 0.5) is 0 Å². The molecule has 0 bridgehead atoms.